The molecule has 0 bridgehead atoms. The smallest absolute Gasteiger partial charge is 0.407 e. The van der Waals surface area contributed by atoms with Crippen LogP contribution in [0.15, 0.2) is 18.0 Å². The van der Waals surface area contributed by atoms with Crippen molar-refractivity contribution in [2.45, 2.75) is 39.2 Å². The highest BCUT2D eigenvalue weighted by Crippen LogP contribution is 2.21. The Balaban J connectivity index is 1.55. The molecule has 0 atom stereocenters. The van der Waals surface area contributed by atoms with E-state index in [1.54, 1.807) is 18.3 Å². The first-order valence-electron chi connectivity index (χ1n) is 9.98. The van der Waals surface area contributed by atoms with Crippen LogP contribution >= 0.6 is 0 Å². The number of aromatic nitrogens is 2. The van der Waals surface area contributed by atoms with Gasteiger partial charge in [0, 0.05) is 32.9 Å². The van der Waals surface area contributed by atoms with Gasteiger partial charge >= 0.3 is 12.1 Å². The van der Waals surface area contributed by atoms with Crippen molar-refractivity contribution in [3.8, 4) is 0 Å². The molecular formula is C20H28N6O4. The second-order valence-corrected chi connectivity index (χ2v) is 8.44. The molecule has 0 saturated carbocycles. The second-order valence-electron chi connectivity index (χ2n) is 8.44. The lowest BCUT2D eigenvalue weighted by atomic mass is 9.97. The first kappa shape index (κ1) is 21.5. The summed E-state index contributed by atoms with van der Waals surface area (Å²) in [6, 6.07) is 1.24. The molecule has 30 heavy (non-hydrogen) atoms. The summed E-state index contributed by atoms with van der Waals surface area (Å²) >= 11 is 0. The molecule has 2 N–H and O–H groups in total. The molecule has 3 heterocycles. The van der Waals surface area contributed by atoms with Crippen LogP contribution < -0.4 is 15.5 Å². The van der Waals surface area contributed by atoms with Crippen LogP contribution in [0.5, 0.6) is 0 Å². The number of nitrogens with one attached hydrogen (secondary N) is 2. The highest BCUT2D eigenvalue weighted by Gasteiger charge is 2.30. The highest BCUT2D eigenvalue weighted by molar-refractivity contribution is 6.13. The maximum absolute atomic E-state index is 11.9. The van der Waals surface area contributed by atoms with E-state index >= 15 is 0 Å². The number of ether oxygens (including phenoxy) is 1. The normalized spacial score (nSPS) is 19.3. The molecule has 3 rings (SSSR count). The van der Waals surface area contributed by atoms with Gasteiger partial charge < -0.3 is 15.0 Å². The molecule has 1 aromatic rings. The molecule has 0 aromatic carbocycles. The number of hydrogen-bond acceptors (Lipinski definition) is 7. The van der Waals surface area contributed by atoms with Gasteiger partial charge in [0.25, 0.3) is 5.91 Å². The lowest BCUT2D eigenvalue weighted by molar-refractivity contribution is -0.115. The van der Waals surface area contributed by atoms with E-state index in [0.717, 1.165) is 25.9 Å². The van der Waals surface area contributed by atoms with Crippen LogP contribution in [0.3, 0.4) is 0 Å². The summed E-state index contributed by atoms with van der Waals surface area (Å²) < 4.78 is 5.27. The number of piperidine rings is 1. The quantitative estimate of drug-likeness (QED) is 0.567. The number of carbonyl (C=O) groups excluding carboxylic acids is 3. The summed E-state index contributed by atoms with van der Waals surface area (Å²) in [4.78, 5) is 47.5. The lowest BCUT2D eigenvalue weighted by Gasteiger charge is -2.32. The van der Waals surface area contributed by atoms with Crippen molar-refractivity contribution in [2.24, 2.45) is 5.92 Å². The van der Waals surface area contributed by atoms with Crippen LogP contribution in [-0.2, 0) is 9.53 Å². The first-order chi connectivity index (χ1) is 14.1. The van der Waals surface area contributed by atoms with Gasteiger partial charge in [-0.25, -0.2) is 19.6 Å². The number of rotatable bonds is 4. The Morgan fingerprint density at radius 2 is 2.03 bits per heavy atom. The van der Waals surface area contributed by atoms with Crippen molar-refractivity contribution in [3.63, 3.8) is 0 Å². The van der Waals surface area contributed by atoms with Gasteiger partial charge in [0.15, 0.2) is 0 Å². The maximum Gasteiger partial charge on any atom is 0.407 e. The van der Waals surface area contributed by atoms with Crippen LogP contribution in [0.1, 0.15) is 39.3 Å². The number of anilines is 1. The molecule has 0 unspecified atom stereocenters. The van der Waals surface area contributed by atoms with Gasteiger partial charge in [0.2, 0.25) is 5.95 Å². The van der Waals surface area contributed by atoms with Gasteiger partial charge in [-0.05, 0) is 51.7 Å². The van der Waals surface area contributed by atoms with Crippen LogP contribution in [-0.4, -0.2) is 65.2 Å². The fourth-order valence-electron chi connectivity index (χ4n) is 3.28. The molecule has 10 nitrogen and oxygen atoms in total. The van der Waals surface area contributed by atoms with E-state index in [9.17, 15) is 14.4 Å². The summed E-state index contributed by atoms with van der Waals surface area (Å²) in [5, 5.41) is 5.08. The topological polar surface area (TPSA) is 117 Å². The first-order valence-corrected chi connectivity index (χ1v) is 9.98. The summed E-state index contributed by atoms with van der Waals surface area (Å²) in [7, 11) is 1.53. The summed E-state index contributed by atoms with van der Waals surface area (Å²) in [5.74, 6) is 0.497. The Morgan fingerprint density at radius 1 is 1.33 bits per heavy atom. The number of hydrogen-bond donors (Lipinski definition) is 2. The largest absolute Gasteiger partial charge is 0.444 e. The average Bonchev–Trinajstić information content (AvgIpc) is 2.92. The Bertz CT molecular complexity index is 855. The molecule has 2 aliphatic heterocycles. The fourth-order valence-corrected chi connectivity index (χ4v) is 3.28. The van der Waals surface area contributed by atoms with E-state index in [1.807, 2.05) is 20.8 Å². The summed E-state index contributed by atoms with van der Waals surface area (Å²) in [5.41, 5.74) is 0.295. The molecule has 0 spiro atoms. The van der Waals surface area contributed by atoms with Crippen molar-refractivity contribution in [1.82, 2.24) is 25.5 Å². The SMILES string of the molecule is CN1C(=O)NC(=O)/C1=C/c1ccnc(N2CCC(CNC(=O)OC(C)(C)C)CC2)n1. The minimum absolute atomic E-state index is 0.247. The number of alkyl carbamates (subject to hydrolysis) is 1. The Labute approximate surface area is 175 Å². The van der Waals surface area contributed by atoms with Gasteiger partial charge in [0.05, 0.1) is 5.69 Å². The number of carbonyl (C=O) groups is 3. The third-order valence-corrected chi connectivity index (χ3v) is 4.90. The van der Waals surface area contributed by atoms with E-state index in [1.165, 1.54) is 11.9 Å². The predicted octanol–water partition coefficient (Wildman–Crippen LogP) is 1.74. The number of nitrogens with zero attached hydrogens (tertiary/aromatic N) is 4. The zero-order valence-corrected chi connectivity index (χ0v) is 17.8. The molecule has 0 radical (unpaired) electrons. The Kier molecular flexibility index (Phi) is 6.23. The van der Waals surface area contributed by atoms with Crippen LogP contribution in [0.4, 0.5) is 15.5 Å². The molecular weight excluding hydrogens is 388 g/mol. The number of likely N-dealkylation sites (N-methyl/N-ethyl adjacent to an activating group) is 1. The molecule has 1 aromatic heterocycles. The van der Waals surface area contributed by atoms with Crippen molar-refractivity contribution in [3.05, 3.63) is 23.7 Å². The van der Waals surface area contributed by atoms with Crippen molar-refractivity contribution in [1.29, 1.82) is 0 Å². The van der Waals surface area contributed by atoms with Gasteiger partial charge in [-0.2, -0.15) is 0 Å². The monoisotopic (exact) mass is 416 g/mol. The summed E-state index contributed by atoms with van der Waals surface area (Å²) in [6.45, 7) is 7.61. The number of amides is 4. The summed E-state index contributed by atoms with van der Waals surface area (Å²) in [6.07, 6.45) is 4.60. The molecule has 2 fully saturated rings. The molecule has 162 valence electrons. The second kappa shape index (κ2) is 8.68. The number of imide groups is 1. The van der Waals surface area contributed by atoms with E-state index in [-0.39, 0.29) is 5.70 Å². The standard InChI is InChI=1S/C20H28N6O4/c1-20(2,3)30-19(29)22-12-13-6-9-26(10-7-13)17-21-8-5-14(23-17)11-15-16(27)24-18(28)25(15)4/h5,8,11,13H,6-7,9-10,12H2,1-4H3,(H,22,29)(H,24,27,28)/b15-11-. The van der Waals surface area contributed by atoms with Gasteiger partial charge in [0.1, 0.15) is 11.3 Å². The molecule has 2 saturated heterocycles. The van der Waals surface area contributed by atoms with Crippen LogP contribution in [0.25, 0.3) is 6.08 Å². The Morgan fingerprint density at radius 3 is 2.63 bits per heavy atom. The molecule has 2 aliphatic rings. The minimum Gasteiger partial charge on any atom is -0.444 e. The van der Waals surface area contributed by atoms with E-state index in [0.29, 0.717) is 24.1 Å². The molecule has 4 amide bonds. The highest BCUT2D eigenvalue weighted by atomic mass is 16.6. The minimum atomic E-state index is -0.508. The third-order valence-electron chi connectivity index (χ3n) is 4.90. The van der Waals surface area contributed by atoms with Gasteiger partial charge in [-0.15, -0.1) is 0 Å². The van der Waals surface area contributed by atoms with Crippen LogP contribution in [0.2, 0.25) is 0 Å². The lowest BCUT2D eigenvalue weighted by Crippen LogP contribution is -2.40. The van der Waals surface area contributed by atoms with Crippen LogP contribution in [0, 0.1) is 5.92 Å². The molecule has 10 heteroatoms. The third kappa shape index (κ3) is 5.46. The molecule has 0 aliphatic carbocycles. The van der Waals surface area contributed by atoms with E-state index in [2.05, 4.69) is 25.5 Å². The fraction of sp³-hybridized carbons (Fsp3) is 0.550. The maximum atomic E-state index is 11.9. The Hall–Kier alpha value is -3.17. The van der Waals surface area contributed by atoms with E-state index < -0.39 is 23.6 Å². The van der Waals surface area contributed by atoms with Crippen molar-refractivity contribution >= 4 is 30.1 Å². The van der Waals surface area contributed by atoms with Gasteiger partial charge in [-0.1, -0.05) is 0 Å². The van der Waals surface area contributed by atoms with Crippen molar-refractivity contribution < 1.29 is 19.1 Å². The number of urea groups is 1. The van der Waals surface area contributed by atoms with Gasteiger partial charge in [-0.3, -0.25) is 15.0 Å². The van der Waals surface area contributed by atoms with E-state index in [4.69, 9.17) is 4.74 Å². The zero-order chi connectivity index (χ0) is 21.9. The average molecular weight is 416 g/mol. The predicted molar refractivity (Wildman–Crippen MR) is 110 cm³/mol. The van der Waals surface area contributed by atoms with Crippen molar-refractivity contribution in [2.75, 3.05) is 31.6 Å². The zero-order valence-electron chi connectivity index (χ0n) is 17.8.